The van der Waals surface area contributed by atoms with E-state index in [9.17, 15) is 4.79 Å². The van der Waals surface area contributed by atoms with Gasteiger partial charge in [0.25, 0.3) is 0 Å². The number of anilines is 1. The van der Waals surface area contributed by atoms with Crippen molar-refractivity contribution in [2.75, 3.05) is 5.32 Å². The van der Waals surface area contributed by atoms with Crippen LogP contribution in [0.2, 0.25) is 0 Å². The minimum Gasteiger partial charge on any atom is -0.465 e. The number of aryl methyl sites for hydroxylation is 1. The van der Waals surface area contributed by atoms with Crippen LogP contribution in [0.25, 0.3) is 0 Å². The zero-order valence-electron chi connectivity index (χ0n) is 7.11. The van der Waals surface area contributed by atoms with Gasteiger partial charge in [-0.05, 0) is 13.0 Å². The molecule has 1 heterocycles. The third-order valence-corrected chi connectivity index (χ3v) is 1.61. The van der Waals surface area contributed by atoms with Crippen LogP contribution in [0, 0.1) is 6.92 Å². The van der Waals surface area contributed by atoms with Crippen LogP contribution in [-0.2, 0) is 6.61 Å². The first-order valence-electron chi connectivity index (χ1n) is 3.70. The molecular formula is C8H10N2O3. The Bertz CT molecular complexity index is 325. The van der Waals surface area contributed by atoms with Gasteiger partial charge in [0.05, 0.1) is 18.5 Å². The molecule has 13 heavy (non-hydrogen) atoms. The number of aliphatic hydroxyl groups is 1. The number of aromatic nitrogens is 1. The van der Waals surface area contributed by atoms with E-state index in [4.69, 9.17) is 10.2 Å². The Hall–Kier alpha value is -1.62. The van der Waals surface area contributed by atoms with Crippen molar-refractivity contribution < 1.29 is 15.0 Å². The van der Waals surface area contributed by atoms with Crippen LogP contribution >= 0.6 is 0 Å². The lowest BCUT2D eigenvalue weighted by molar-refractivity contribution is 0.209. The van der Waals surface area contributed by atoms with E-state index in [0.717, 1.165) is 0 Å². The molecule has 0 radical (unpaired) electrons. The van der Waals surface area contributed by atoms with E-state index >= 15 is 0 Å². The first-order valence-corrected chi connectivity index (χ1v) is 3.70. The monoisotopic (exact) mass is 182 g/mol. The van der Waals surface area contributed by atoms with Crippen LogP contribution in [0.4, 0.5) is 10.5 Å². The smallest absolute Gasteiger partial charge is 0.409 e. The molecule has 1 rings (SSSR count). The molecule has 0 aliphatic carbocycles. The average Bonchev–Trinajstić information content (AvgIpc) is 2.07. The van der Waals surface area contributed by atoms with Gasteiger partial charge < -0.3 is 10.2 Å². The zero-order chi connectivity index (χ0) is 9.84. The van der Waals surface area contributed by atoms with Crippen LogP contribution < -0.4 is 5.32 Å². The molecule has 1 aromatic heterocycles. The topological polar surface area (TPSA) is 82.5 Å². The summed E-state index contributed by atoms with van der Waals surface area (Å²) in [5.74, 6) is 0. The Morgan fingerprint density at radius 1 is 1.69 bits per heavy atom. The molecule has 70 valence electrons. The molecule has 0 aliphatic heterocycles. The molecule has 0 bridgehead atoms. The standard InChI is InChI=1S/C8H10N2O3/c1-5-6(4-11)2-7(3-9-5)10-8(12)13/h2-3,10-11H,4H2,1H3,(H,12,13). The van der Waals surface area contributed by atoms with E-state index in [0.29, 0.717) is 16.9 Å². The van der Waals surface area contributed by atoms with Gasteiger partial charge >= 0.3 is 6.09 Å². The molecule has 0 fully saturated rings. The molecule has 5 nitrogen and oxygen atoms in total. The number of nitrogens with one attached hydrogen (secondary N) is 1. The number of nitrogens with zero attached hydrogens (tertiary/aromatic N) is 1. The molecular weight excluding hydrogens is 172 g/mol. The zero-order valence-corrected chi connectivity index (χ0v) is 7.11. The predicted molar refractivity (Wildman–Crippen MR) is 46.5 cm³/mol. The van der Waals surface area contributed by atoms with E-state index in [-0.39, 0.29) is 6.61 Å². The number of carboxylic acid groups (broad SMARTS) is 1. The summed E-state index contributed by atoms with van der Waals surface area (Å²) in [6, 6.07) is 1.55. The second-order valence-corrected chi connectivity index (χ2v) is 2.56. The Morgan fingerprint density at radius 2 is 2.38 bits per heavy atom. The van der Waals surface area contributed by atoms with Gasteiger partial charge in [0.15, 0.2) is 0 Å². The highest BCUT2D eigenvalue weighted by molar-refractivity contribution is 5.82. The van der Waals surface area contributed by atoms with Crippen molar-refractivity contribution in [2.24, 2.45) is 0 Å². The second kappa shape index (κ2) is 3.86. The maximum atomic E-state index is 10.3. The normalized spacial score (nSPS) is 9.69. The van der Waals surface area contributed by atoms with Gasteiger partial charge in [-0.1, -0.05) is 0 Å². The van der Waals surface area contributed by atoms with Crippen molar-refractivity contribution in [1.29, 1.82) is 0 Å². The number of hydrogen-bond donors (Lipinski definition) is 3. The largest absolute Gasteiger partial charge is 0.465 e. The number of amides is 1. The number of hydrogen-bond acceptors (Lipinski definition) is 3. The van der Waals surface area contributed by atoms with Crippen LogP contribution in [0.1, 0.15) is 11.3 Å². The molecule has 3 N–H and O–H groups in total. The first kappa shape index (κ1) is 9.47. The summed E-state index contributed by atoms with van der Waals surface area (Å²) in [5.41, 5.74) is 1.67. The summed E-state index contributed by atoms with van der Waals surface area (Å²) in [5, 5.41) is 19.4. The summed E-state index contributed by atoms with van der Waals surface area (Å²) >= 11 is 0. The lowest BCUT2D eigenvalue weighted by Gasteiger charge is -2.04. The van der Waals surface area contributed by atoms with Crippen LogP contribution in [-0.4, -0.2) is 21.3 Å². The molecule has 0 unspecified atom stereocenters. The van der Waals surface area contributed by atoms with E-state index < -0.39 is 6.09 Å². The fraction of sp³-hybridized carbons (Fsp3) is 0.250. The van der Waals surface area contributed by atoms with Gasteiger partial charge in [-0.25, -0.2) is 4.79 Å². The highest BCUT2D eigenvalue weighted by Crippen LogP contribution is 2.11. The molecule has 0 aromatic carbocycles. The summed E-state index contributed by atoms with van der Waals surface area (Å²) in [6.45, 7) is 1.60. The summed E-state index contributed by atoms with van der Waals surface area (Å²) in [7, 11) is 0. The average molecular weight is 182 g/mol. The number of pyridine rings is 1. The summed E-state index contributed by atoms with van der Waals surface area (Å²) in [4.78, 5) is 14.2. The number of aliphatic hydroxyl groups excluding tert-OH is 1. The van der Waals surface area contributed by atoms with Gasteiger partial charge in [0.2, 0.25) is 0 Å². The number of rotatable bonds is 2. The highest BCUT2D eigenvalue weighted by Gasteiger charge is 2.02. The van der Waals surface area contributed by atoms with E-state index in [2.05, 4.69) is 10.3 Å². The first-order chi connectivity index (χ1) is 6.13. The van der Waals surface area contributed by atoms with E-state index in [1.807, 2.05) is 0 Å². The molecule has 0 saturated carbocycles. The van der Waals surface area contributed by atoms with Crippen molar-refractivity contribution in [3.8, 4) is 0 Å². The highest BCUT2D eigenvalue weighted by atomic mass is 16.4. The van der Waals surface area contributed by atoms with Crippen molar-refractivity contribution >= 4 is 11.8 Å². The summed E-state index contributed by atoms with van der Waals surface area (Å²) < 4.78 is 0. The minimum absolute atomic E-state index is 0.145. The molecule has 0 atom stereocenters. The van der Waals surface area contributed by atoms with Crippen molar-refractivity contribution in [3.05, 3.63) is 23.5 Å². The van der Waals surface area contributed by atoms with Crippen LogP contribution in [0.3, 0.4) is 0 Å². The Kier molecular flexibility index (Phi) is 2.81. The minimum atomic E-state index is -1.14. The molecule has 1 amide bonds. The maximum absolute atomic E-state index is 10.3. The molecule has 5 heteroatoms. The Morgan fingerprint density at radius 3 is 2.92 bits per heavy atom. The van der Waals surface area contributed by atoms with Crippen LogP contribution in [0.5, 0.6) is 0 Å². The lowest BCUT2D eigenvalue weighted by atomic mass is 10.2. The van der Waals surface area contributed by atoms with Crippen LogP contribution in [0.15, 0.2) is 12.3 Å². The predicted octanol–water partition coefficient (Wildman–Crippen LogP) is 0.972. The van der Waals surface area contributed by atoms with Gasteiger partial charge in [-0.15, -0.1) is 0 Å². The molecule has 0 aliphatic rings. The maximum Gasteiger partial charge on any atom is 0.409 e. The lowest BCUT2D eigenvalue weighted by Crippen LogP contribution is -2.08. The fourth-order valence-corrected chi connectivity index (χ4v) is 0.931. The fourth-order valence-electron chi connectivity index (χ4n) is 0.931. The van der Waals surface area contributed by atoms with Crippen molar-refractivity contribution in [1.82, 2.24) is 4.98 Å². The molecule has 1 aromatic rings. The van der Waals surface area contributed by atoms with E-state index in [1.165, 1.54) is 6.20 Å². The third-order valence-electron chi connectivity index (χ3n) is 1.61. The second-order valence-electron chi connectivity index (χ2n) is 2.56. The SMILES string of the molecule is Cc1ncc(NC(=O)O)cc1CO. The van der Waals surface area contributed by atoms with Crippen molar-refractivity contribution in [3.63, 3.8) is 0 Å². The Labute approximate surface area is 75.0 Å². The summed E-state index contributed by atoms with van der Waals surface area (Å²) in [6.07, 6.45) is 0.261. The van der Waals surface area contributed by atoms with Crippen molar-refractivity contribution in [2.45, 2.75) is 13.5 Å². The quantitative estimate of drug-likeness (QED) is 0.636. The van der Waals surface area contributed by atoms with Gasteiger partial charge in [0, 0.05) is 11.3 Å². The van der Waals surface area contributed by atoms with Gasteiger partial charge in [-0.3, -0.25) is 10.3 Å². The molecule has 0 saturated heterocycles. The van der Waals surface area contributed by atoms with Gasteiger partial charge in [-0.2, -0.15) is 0 Å². The third kappa shape index (κ3) is 2.41. The van der Waals surface area contributed by atoms with E-state index in [1.54, 1.807) is 13.0 Å². The number of carbonyl (C=O) groups is 1. The van der Waals surface area contributed by atoms with Gasteiger partial charge in [0.1, 0.15) is 0 Å². The Balaban J connectivity index is 2.92. The molecule has 0 spiro atoms.